The summed E-state index contributed by atoms with van der Waals surface area (Å²) >= 11 is 0. The van der Waals surface area contributed by atoms with Crippen LogP contribution in [-0.4, -0.2) is 37.0 Å². The number of pyridine rings is 1. The molecule has 1 aromatic heterocycles. The third-order valence-corrected chi connectivity index (χ3v) is 8.95. The topological polar surface area (TPSA) is 68.7 Å². The fourth-order valence-corrected chi connectivity index (χ4v) is 6.76. The molecule has 7 heteroatoms. The van der Waals surface area contributed by atoms with Crippen LogP contribution in [0.2, 0.25) is 0 Å². The number of fused-ring (bicyclic) bond motifs is 4. The maximum Gasteiger partial charge on any atom is 0.243 e. The van der Waals surface area contributed by atoms with Gasteiger partial charge in [-0.3, -0.25) is 4.98 Å². The van der Waals surface area contributed by atoms with Crippen LogP contribution in [0.15, 0.2) is 53.4 Å². The molecule has 0 N–H and O–H groups in total. The summed E-state index contributed by atoms with van der Waals surface area (Å²) in [5, 5.41) is 0. The molecule has 0 saturated heterocycles. The van der Waals surface area contributed by atoms with E-state index in [1.807, 2.05) is 18.2 Å². The molecule has 0 fully saturated rings. The van der Waals surface area contributed by atoms with E-state index in [4.69, 9.17) is 14.5 Å². The fraction of sp³-hybridized carbons (Fsp3) is 0.370. The van der Waals surface area contributed by atoms with Gasteiger partial charge in [-0.2, -0.15) is 4.31 Å². The Balaban J connectivity index is 1.39. The van der Waals surface area contributed by atoms with Crippen molar-refractivity contribution in [2.75, 3.05) is 13.2 Å². The van der Waals surface area contributed by atoms with Crippen molar-refractivity contribution in [2.24, 2.45) is 0 Å². The highest BCUT2D eigenvalue weighted by Crippen LogP contribution is 2.37. The summed E-state index contributed by atoms with van der Waals surface area (Å²) in [6.45, 7) is 4.00. The Morgan fingerprint density at radius 1 is 1.03 bits per heavy atom. The van der Waals surface area contributed by atoms with Crippen molar-refractivity contribution in [1.82, 2.24) is 9.29 Å². The largest absolute Gasteiger partial charge is 0.493 e. The number of hydrogen-bond donors (Lipinski definition) is 0. The van der Waals surface area contributed by atoms with Gasteiger partial charge in [-0.05, 0) is 60.2 Å². The summed E-state index contributed by atoms with van der Waals surface area (Å²) < 4.78 is 40.5. The number of sulfonamides is 1. The molecule has 0 radical (unpaired) electrons. The van der Waals surface area contributed by atoms with Crippen LogP contribution in [0.4, 0.5) is 0 Å². The van der Waals surface area contributed by atoms with Crippen molar-refractivity contribution in [3.05, 3.63) is 76.5 Å². The number of nitrogens with zero attached hydrogens (tertiary/aromatic N) is 2. The van der Waals surface area contributed by atoms with E-state index in [-0.39, 0.29) is 6.10 Å². The molecule has 34 heavy (non-hydrogen) atoms. The lowest BCUT2D eigenvalue weighted by atomic mass is 9.89. The van der Waals surface area contributed by atoms with Gasteiger partial charge in [-0.15, -0.1) is 0 Å². The summed E-state index contributed by atoms with van der Waals surface area (Å²) in [6.07, 6.45) is 3.23. The number of rotatable bonds is 3. The maximum absolute atomic E-state index is 13.6. The zero-order valence-corrected chi connectivity index (χ0v) is 20.1. The molecule has 6 nitrogen and oxygen atoms in total. The normalized spacial score (nSPS) is 20.1. The van der Waals surface area contributed by atoms with Crippen LogP contribution >= 0.6 is 0 Å². The van der Waals surface area contributed by atoms with Crippen molar-refractivity contribution in [1.29, 1.82) is 0 Å². The monoisotopic (exact) mass is 476 g/mol. The van der Waals surface area contributed by atoms with Crippen LogP contribution < -0.4 is 4.74 Å². The third-order valence-electron chi connectivity index (χ3n) is 7.11. The van der Waals surface area contributed by atoms with Crippen molar-refractivity contribution < 1.29 is 17.9 Å². The highest BCUT2D eigenvalue weighted by Gasteiger charge is 2.34. The summed E-state index contributed by atoms with van der Waals surface area (Å²) in [5.74, 6) is 0.798. The first-order valence-electron chi connectivity index (χ1n) is 12.0. The molecule has 3 aromatic rings. The van der Waals surface area contributed by atoms with Crippen LogP contribution in [0.3, 0.4) is 0 Å². The molecule has 1 atom stereocenters. The standard InChI is InChI=1S/C27H28N2O4S/c1-18-14-22-24(17-33-18)23-16-29(12-11-25(23)28-27(22)19-6-3-2-4-7-19)34(30,31)21-9-10-26-20(15-21)8-5-13-32-26/h2-4,6-7,9-10,15,18H,5,8,11-14,16-17H2,1H3/t18-/m0/s1. The molecule has 0 saturated carbocycles. The predicted molar refractivity (Wildman–Crippen MR) is 129 cm³/mol. The van der Waals surface area contributed by atoms with Crippen LogP contribution in [0.25, 0.3) is 11.3 Å². The predicted octanol–water partition coefficient (Wildman–Crippen LogP) is 4.28. The SMILES string of the molecule is C[C@H]1Cc2c(-c3ccccc3)nc3c(c2CO1)CN(S(=O)(=O)c1ccc2c(c1)CCCO2)CC3. The first kappa shape index (κ1) is 21.8. The van der Waals surface area contributed by atoms with Crippen molar-refractivity contribution in [3.8, 4) is 17.0 Å². The summed E-state index contributed by atoms with van der Waals surface area (Å²) in [6, 6.07) is 15.5. The Morgan fingerprint density at radius 2 is 1.88 bits per heavy atom. The van der Waals surface area contributed by atoms with E-state index in [2.05, 4.69) is 19.1 Å². The Kier molecular flexibility index (Phi) is 5.43. The zero-order valence-electron chi connectivity index (χ0n) is 19.3. The molecule has 0 spiro atoms. The minimum Gasteiger partial charge on any atom is -0.493 e. The second-order valence-electron chi connectivity index (χ2n) is 9.34. The maximum atomic E-state index is 13.6. The second-order valence-corrected chi connectivity index (χ2v) is 11.3. The van der Waals surface area contributed by atoms with Gasteiger partial charge >= 0.3 is 0 Å². The second kappa shape index (κ2) is 8.48. The minimum absolute atomic E-state index is 0.107. The number of hydrogen-bond acceptors (Lipinski definition) is 5. The van der Waals surface area contributed by atoms with Crippen molar-refractivity contribution in [2.45, 2.75) is 56.8 Å². The Bertz CT molecular complexity index is 1350. The average Bonchev–Trinajstić information content (AvgIpc) is 2.88. The van der Waals surface area contributed by atoms with E-state index < -0.39 is 10.0 Å². The van der Waals surface area contributed by atoms with Crippen molar-refractivity contribution >= 4 is 10.0 Å². The lowest BCUT2D eigenvalue weighted by Gasteiger charge is -2.33. The van der Waals surface area contributed by atoms with E-state index in [0.29, 0.717) is 37.6 Å². The Hall–Kier alpha value is -2.74. The summed E-state index contributed by atoms with van der Waals surface area (Å²) in [4.78, 5) is 5.43. The fourth-order valence-electron chi connectivity index (χ4n) is 5.30. The minimum atomic E-state index is -3.63. The van der Waals surface area contributed by atoms with Gasteiger partial charge in [0.15, 0.2) is 0 Å². The molecule has 3 aliphatic heterocycles. The number of benzene rings is 2. The molecule has 0 bridgehead atoms. The molecular weight excluding hydrogens is 448 g/mol. The first-order valence-corrected chi connectivity index (χ1v) is 13.4. The molecule has 4 heterocycles. The smallest absolute Gasteiger partial charge is 0.243 e. The third kappa shape index (κ3) is 3.72. The molecule has 0 amide bonds. The summed E-state index contributed by atoms with van der Waals surface area (Å²) in [5.41, 5.74) is 7.38. The van der Waals surface area contributed by atoms with Gasteiger partial charge in [0, 0.05) is 37.2 Å². The lowest BCUT2D eigenvalue weighted by molar-refractivity contribution is 0.0400. The molecule has 2 aromatic carbocycles. The van der Waals surface area contributed by atoms with Gasteiger partial charge in [0.2, 0.25) is 10.0 Å². The van der Waals surface area contributed by atoms with Crippen LogP contribution in [-0.2, 0) is 47.2 Å². The van der Waals surface area contributed by atoms with Gasteiger partial charge in [0.05, 0.1) is 29.9 Å². The van der Waals surface area contributed by atoms with Gasteiger partial charge < -0.3 is 9.47 Å². The molecule has 0 unspecified atom stereocenters. The van der Waals surface area contributed by atoms with Crippen LogP contribution in [0.1, 0.15) is 41.3 Å². The number of aryl methyl sites for hydroxylation is 1. The molecular formula is C27H28N2O4S. The summed E-state index contributed by atoms with van der Waals surface area (Å²) in [7, 11) is -3.63. The molecule has 3 aliphatic rings. The zero-order chi connectivity index (χ0) is 23.3. The highest BCUT2D eigenvalue weighted by molar-refractivity contribution is 7.89. The van der Waals surface area contributed by atoms with E-state index in [1.54, 1.807) is 22.5 Å². The number of aromatic nitrogens is 1. The van der Waals surface area contributed by atoms with Gasteiger partial charge in [0.25, 0.3) is 0 Å². The van der Waals surface area contributed by atoms with Crippen LogP contribution in [0, 0.1) is 0 Å². The molecule has 6 rings (SSSR count). The number of ether oxygens (including phenoxy) is 2. The van der Waals surface area contributed by atoms with E-state index in [9.17, 15) is 8.42 Å². The van der Waals surface area contributed by atoms with Crippen molar-refractivity contribution in [3.63, 3.8) is 0 Å². The highest BCUT2D eigenvalue weighted by atomic mass is 32.2. The molecule has 176 valence electrons. The van der Waals surface area contributed by atoms with Gasteiger partial charge in [0.1, 0.15) is 5.75 Å². The lowest BCUT2D eigenvalue weighted by Crippen LogP contribution is -2.38. The van der Waals surface area contributed by atoms with E-state index in [0.717, 1.165) is 58.7 Å². The van der Waals surface area contributed by atoms with E-state index >= 15 is 0 Å². The van der Waals surface area contributed by atoms with Gasteiger partial charge in [-0.1, -0.05) is 30.3 Å². The van der Waals surface area contributed by atoms with Crippen LogP contribution in [0.5, 0.6) is 5.75 Å². The Labute approximate surface area is 200 Å². The first-order chi connectivity index (χ1) is 16.5. The average molecular weight is 477 g/mol. The quantitative estimate of drug-likeness (QED) is 0.564. The Morgan fingerprint density at radius 3 is 2.74 bits per heavy atom. The van der Waals surface area contributed by atoms with E-state index in [1.165, 1.54) is 5.56 Å². The van der Waals surface area contributed by atoms with Gasteiger partial charge in [-0.25, -0.2) is 8.42 Å². The molecule has 0 aliphatic carbocycles.